The molecule has 0 saturated heterocycles. The minimum atomic E-state index is -0.622. The van der Waals surface area contributed by atoms with Crippen molar-refractivity contribution in [2.24, 2.45) is 0 Å². The summed E-state index contributed by atoms with van der Waals surface area (Å²) in [4.78, 5) is 23.3. The predicted octanol–water partition coefficient (Wildman–Crippen LogP) is 2.40. The number of methoxy groups -OCH3 is 1. The van der Waals surface area contributed by atoms with E-state index in [2.05, 4.69) is 4.74 Å². The zero-order chi connectivity index (χ0) is 14.5. The normalized spacial score (nSPS) is 9.85. The smallest absolute Gasteiger partial charge is 0.343 e. The van der Waals surface area contributed by atoms with Gasteiger partial charge in [0.05, 0.1) is 18.2 Å². The molecule has 0 unspecified atom stereocenters. The molecule has 0 saturated carbocycles. The summed E-state index contributed by atoms with van der Waals surface area (Å²) < 4.78 is 9.63. The van der Waals surface area contributed by atoms with Crippen LogP contribution in [0.3, 0.4) is 0 Å². The monoisotopic (exact) mass is 272 g/mol. The van der Waals surface area contributed by atoms with Gasteiger partial charge in [0.15, 0.2) is 11.5 Å². The van der Waals surface area contributed by atoms with E-state index in [1.165, 1.54) is 25.3 Å². The molecule has 0 heterocycles. The molecule has 2 rings (SSSR count). The Kier molecular flexibility index (Phi) is 4.00. The Morgan fingerprint density at radius 1 is 0.950 bits per heavy atom. The maximum Gasteiger partial charge on any atom is 0.343 e. The van der Waals surface area contributed by atoms with Gasteiger partial charge in [-0.1, -0.05) is 18.2 Å². The minimum absolute atomic E-state index is 0.0956. The topological polar surface area (TPSA) is 72.8 Å². The van der Waals surface area contributed by atoms with Gasteiger partial charge in [-0.05, 0) is 30.3 Å². The third-order valence-electron chi connectivity index (χ3n) is 2.59. The lowest BCUT2D eigenvalue weighted by Crippen LogP contribution is -2.09. The molecule has 102 valence electrons. The van der Waals surface area contributed by atoms with Crippen molar-refractivity contribution >= 4 is 11.9 Å². The Morgan fingerprint density at radius 3 is 2.30 bits per heavy atom. The van der Waals surface area contributed by atoms with E-state index in [1.54, 1.807) is 30.3 Å². The van der Waals surface area contributed by atoms with Crippen LogP contribution in [0.25, 0.3) is 0 Å². The van der Waals surface area contributed by atoms with Crippen molar-refractivity contribution in [3.63, 3.8) is 0 Å². The van der Waals surface area contributed by atoms with Crippen LogP contribution in [-0.4, -0.2) is 24.2 Å². The largest absolute Gasteiger partial charge is 0.504 e. The van der Waals surface area contributed by atoms with Crippen molar-refractivity contribution in [2.75, 3.05) is 7.11 Å². The van der Waals surface area contributed by atoms with Gasteiger partial charge in [-0.15, -0.1) is 0 Å². The number of esters is 2. The second-order valence-electron chi connectivity index (χ2n) is 3.93. The minimum Gasteiger partial charge on any atom is -0.504 e. The molecule has 0 radical (unpaired) electrons. The van der Waals surface area contributed by atoms with Crippen LogP contribution in [0.4, 0.5) is 0 Å². The fourth-order valence-electron chi connectivity index (χ4n) is 1.57. The molecule has 0 amide bonds. The average molecular weight is 272 g/mol. The van der Waals surface area contributed by atoms with E-state index in [9.17, 15) is 14.7 Å². The van der Waals surface area contributed by atoms with Crippen LogP contribution in [0.15, 0.2) is 48.5 Å². The third kappa shape index (κ3) is 2.95. The number of phenols is 1. The van der Waals surface area contributed by atoms with Gasteiger partial charge in [0.2, 0.25) is 0 Å². The summed E-state index contributed by atoms with van der Waals surface area (Å²) in [7, 11) is 1.24. The Hall–Kier alpha value is -2.82. The molecular formula is C15H12O5. The van der Waals surface area contributed by atoms with Crippen molar-refractivity contribution < 1.29 is 24.2 Å². The first-order valence-electron chi connectivity index (χ1n) is 5.80. The summed E-state index contributed by atoms with van der Waals surface area (Å²) >= 11 is 0. The lowest BCUT2D eigenvalue weighted by molar-refractivity contribution is 0.0597. The molecule has 0 aliphatic heterocycles. The summed E-state index contributed by atoms with van der Waals surface area (Å²) in [6.07, 6.45) is 0. The van der Waals surface area contributed by atoms with Gasteiger partial charge in [0, 0.05) is 0 Å². The summed E-state index contributed by atoms with van der Waals surface area (Å²) in [5.74, 6) is -1.53. The summed E-state index contributed by atoms with van der Waals surface area (Å²) in [5.41, 5.74) is 0.525. The van der Waals surface area contributed by atoms with Gasteiger partial charge < -0.3 is 14.6 Å². The van der Waals surface area contributed by atoms with E-state index < -0.39 is 11.9 Å². The van der Waals surface area contributed by atoms with Crippen LogP contribution in [0.2, 0.25) is 0 Å². The number of phenolic OH excluding ortho intramolecular Hbond substituents is 1. The van der Waals surface area contributed by atoms with Gasteiger partial charge in [0.1, 0.15) is 0 Å². The molecule has 5 heteroatoms. The number of ether oxygens (including phenoxy) is 2. The maximum atomic E-state index is 11.9. The van der Waals surface area contributed by atoms with Crippen LogP contribution in [0, 0.1) is 0 Å². The lowest BCUT2D eigenvalue weighted by Gasteiger charge is -2.07. The highest BCUT2D eigenvalue weighted by molar-refractivity contribution is 5.93. The van der Waals surface area contributed by atoms with Crippen molar-refractivity contribution in [3.8, 4) is 11.5 Å². The first-order valence-corrected chi connectivity index (χ1v) is 5.80. The molecule has 0 bridgehead atoms. The van der Waals surface area contributed by atoms with Crippen LogP contribution in [0.5, 0.6) is 11.5 Å². The quantitative estimate of drug-likeness (QED) is 0.686. The van der Waals surface area contributed by atoms with E-state index in [1.807, 2.05) is 0 Å². The van der Waals surface area contributed by atoms with Crippen molar-refractivity contribution in [3.05, 3.63) is 59.7 Å². The molecule has 20 heavy (non-hydrogen) atoms. The standard InChI is InChI=1S/C15H12O5/c1-19-14(17)11-7-8-12(16)13(9-11)20-15(18)10-5-3-2-4-6-10/h2-9,16H,1H3. The number of aromatic hydroxyl groups is 1. The molecule has 0 aliphatic carbocycles. The number of carbonyl (C=O) groups excluding carboxylic acids is 2. The summed E-state index contributed by atoms with van der Waals surface area (Å²) in [6.45, 7) is 0. The predicted molar refractivity (Wildman–Crippen MR) is 70.8 cm³/mol. The highest BCUT2D eigenvalue weighted by Crippen LogP contribution is 2.28. The zero-order valence-electron chi connectivity index (χ0n) is 10.7. The summed E-state index contributed by atoms with van der Waals surface area (Å²) in [6, 6.07) is 12.2. The fraction of sp³-hybridized carbons (Fsp3) is 0.0667. The molecule has 0 aromatic heterocycles. The molecule has 0 aliphatic rings. The average Bonchev–Trinajstić information content (AvgIpc) is 2.49. The molecule has 0 atom stereocenters. The highest BCUT2D eigenvalue weighted by atomic mass is 16.5. The molecule has 5 nitrogen and oxygen atoms in total. The van der Waals surface area contributed by atoms with E-state index in [-0.39, 0.29) is 17.1 Å². The van der Waals surface area contributed by atoms with Crippen LogP contribution >= 0.6 is 0 Å². The Bertz CT molecular complexity index is 634. The molecule has 2 aromatic rings. The van der Waals surface area contributed by atoms with Crippen LogP contribution in [-0.2, 0) is 4.74 Å². The van der Waals surface area contributed by atoms with Crippen LogP contribution in [0.1, 0.15) is 20.7 Å². The maximum absolute atomic E-state index is 11.9. The second kappa shape index (κ2) is 5.88. The van der Waals surface area contributed by atoms with E-state index in [0.717, 1.165) is 0 Å². The number of rotatable bonds is 3. The molecule has 1 N–H and O–H groups in total. The van der Waals surface area contributed by atoms with Gasteiger partial charge >= 0.3 is 11.9 Å². The van der Waals surface area contributed by atoms with E-state index in [0.29, 0.717) is 5.56 Å². The van der Waals surface area contributed by atoms with E-state index >= 15 is 0 Å². The highest BCUT2D eigenvalue weighted by Gasteiger charge is 2.14. The van der Waals surface area contributed by atoms with Gasteiger partial charge in [0.25, 0.3) is 0 Å². The summed E-state index contributed by atoms with van der Waals surface area (Å²) in [5, 5.41) is 9.66. The fourth-order valence-corrected chi connectivity index (χ4v) is 1.57. The van der Waals surface area contributed by atoms with Crippen LogP contribution < -0.4 is 4.74 Å². The van der Waals surface area contributed by atoms with Gasteiger partial charge in [-0.3, -0.25) is 0 Å². The molecule has 2 aromatic carbocycles. The zero-order valence-corrected chi connectivity index (χ0v) is 10.7. The number of carbonyl (C=O) groups is 2. The van der Waals surface area contributed by atoms with E-state index in [4.69, 9.17) is 4.74 Å². The molecule has 0 fully saturated rings. The first kappa shape index (κ1) is 13.6. The van der Waals surface area contributed by atoms with Crippen molar-refractivity contribution in [1.29, 1.82) is 0 Å². The van der Waals surface area contributed by atoms with Crippen molar-refractivity contribution in [1.82, 2.24) is 0 Å². The first-order chi connectivity index (χ1) is 9.61. The Labute approximate surface area is 115 Å². The third-order valence-corrected chi connectivity index (χ3v) is 2.59. The lowest BCUT2D eigenvalue weighted by atomic mass is 10.2. The number of benzene rings is 2. The number of hydrogen-bond acceptors (Lipinski definition) is 5. The Balaban J connectivity index is 2.25. The SMILES string of the molecule is COC(=O)c1ccc(O)c(OC(=O)c2ccccc2)c1. The van der Waals surface area contributed by atoms with Gasteiger partial charge in [-0.25, -0.2) is 9.59 Å². The van der Waals surface area contributed by atoms with Gasteiger partial charge in [-0.2, -0.15) is 0 Å². The molecule has 0 spiro atoms. The Morgan fingerprint density at radius 2 is 1.65 bits per heavy atom. The van der Waals surface area contributed by atoms with Crippen molar-refractivity contribution in [2.45, 2.75) is 0 Å². The molecular weight excluding hydrogens is 260 g/mol. The second-order valence-corrected chi connectivity index (χ2v) is 3.93. The number of hydrogen-bond donors (Lipinski definition) is 1.